The summed E-state index contributed by atoms with van der Waals surface area (Å²) < 4.78 is 0. The second kappa shape index (κ2) is 7.06. The quantitative estimate of drug-likeness (QED) is 0.585. The van der Waals surface area contributed by atoms with Gasteiger partial charge in [0.05, 0.1) is 0 Å². The molecule has 1 rings (SSSR count). The molecule has 0 aliphatic heterocycles. The first kappa shape index (κ1) is 15.4. The van der Waals surface area contributed by atoms with Crippen LogP contribution in [0.4, 0.5) is 5.82 Å². The van der Waals surface area contributed by atoms with Crippen molar-refractivity contribution >= 4 is 11.7 Å². The summed E-state index contributed by atoms with van der Waals surface area (Å²) in [5.41, 5.74) is 3.84. The minimum absolute atomic E-state index is 0.0132. The molecule has 0 aliphatic rings. The topological polar surface area (TPSA) is 74.5 Å². The van der Waals surface area contributed by atoms with Crippen LogP contribution in [-0.4, -0.2) is 54.9 Å². The Hall–Kier alpha value is -1.66. The SMILES string of the molecule is Cc1cc(C(=O)N(C)CCCN(C)C)cc(NN)n1. The summed E-state index contributed by atoms with van der Waals surface area (Å²) in [7, 11) is 5.85. The number of carbonyl (C=O) groups is 1. The molecule has 19 heavy (non-hydrogen) atoms. The lowest BCUT2D eigenvalue weighted by Crippen LogP contribution is -2.30. The Balaban J connectivity index is 2.68. The van der Waals surface area contributed by atoms with Gasteiger partial charge in [-0.25, -0.2) is 10.8 Å². The number of amides is 1. The monoisotopic (exact) mass is 265 g/mol. The van der Waals surface area contributed by atoms with Gasteiger partial charge in [0.25, 0.3) is 5.91 Å². The highest BCUT2D eigenvalue weighted by Gasteiger charge is 2.13. The van der Waals surface area contributed by atoms with E-state index in [1.165, 1.54) is 0 Å². The Morgan fingerprint density at radius 2 is 2.00 bits per heavy atom. The minimum atomic E-state index is -0.0132. The Kier molecular flexibility index (Phi) is 5.72. The maximum absolute atomic E-state index is 12.3. The van der Waals surface area contributed by atoms with Gasteiger partial charge in [0.1, 0.15) is 5.82 Å². The van der Waals surface area contributed by atoms with Gasteiger partial charge in [0.2, 0.25) is 0 Å². The van der Waals surface area contributed by atoms with E-state index in [0.717, 1.165) is 25.2 Å². The average molecular weight is 265 g/mol. The summed E-state index contributed by atoms with van der Waals surface area (Å²) in [6.45, 7) is 3.52. The van der Waals surface area contributed by atoms with Crippen LogP contribution in [0.5, 0.6) is 0 Å². The highest BCUT2D eigenvalue weighted by Crippen LogP contribution is 2.11. The van der Waals surface area contributed by atoms with Gasteiger partial charge >= 0.3 is 0 Å². The number of aromatic nitrogens is 1. The number of rotatable bonds is 6. The van der Waals surface area contributed by atoms with Crippen molar-refractivity contribution < 1.29 is 4.79 Å². The first-order chi connectivity index (χ1) is 8.93. The van der Waals surface area contributed by atoms with E-state index in [9.17, 15) is 4.79 Å². The van der Waals surface area contributed by atoms with Crippen LogP contribution in [0.3, 0.4) is 0 Å². The van der Waals surface area contributed by atoms with Crippen molar-refractivity contribution in [2.45, 2.75) is 13.3 Å². The molecule has 1 amide bonds. The van der Waals surface area contributed by atoms with Gasteiger partial charge in [-0.15, -0.1) is 0 Å². The van der Waals surface area contributed by atoms with Crippen LogP contribution < -0.4 is 11.3 Å². The molecule has 0 aromatic carbocycles. The summed E-state index contributed by atoms with van der Waals surface area (Å²) in [5, 5.41) is 0. The number of hydrogen-bond donors (Lipinski definition) is 2. The summed E-state index contributed by atoms with van der Waals surface area (Å²) in [4.78, 5) is 20.2. The van der Waals surface area contributed by atoms with E-state index < -0.39 is 0 Å². The molecule has 0 aliphatic carbocycles. The first-order valence-corrected chi connectivity index (χ1v) is 6.29. The van der Waals surface area contributed by atoms with Crippen LogP contribution in [0.25, 0.3) is 0 Å². The molecule has 1 heterocycles. The lowest BCUT2D eigenvalue weighted by atomic mass is 10.2. The van der Waals surface area contributed by atoms with Gasteiger partial charge in [-0.05, 0) is 46.1 Å². The molecule has 0 atom stereocenters. The molecule has 6 heteroatoms. The van der Waals surface area contributed by atoms with Crippen molar-refractivity contribution in [3.8, 4) is 0 Å². The van der Waals surface area contributed by atoms with E-state index in [2.05, 4.69) is 15.3 Å². The number of aryl methyl sites for hydroxylation is 1. The predicted molar refractivity (Wildman–Crippen MR) is 76.9 cm³/mol. The van der Waals surface area contributed by atoms with Crippen molar-refractivity contribution in [3.05, 3.63) is 23.4 Å². The van der Waals surface area contributed by atoms with E-state index in [0.29, 0.717) is 11.4 Å². The fourth-order valence-electron chi connectivity index (χ4n) is 1.81. The van der Waals surface area contributed by atoms with E-state index in [1.807, 2.05) is 28.1 Å². The number of carbonyl (C=O) groups excluding carboxylic acids is 1. The number of hydrogen-bond acceptors (Lipinski definition) is 5. The molecule has 0 bridgehead atoms. The van der Waals surface area contributed by atoms with E-state index in [1.54, 1.807) is 17.0 Å². The van der Waals surface area contributed by atoms with Crippen LogP contribution in [-0.2, 0) is 0 Å². The fourth-order valence-corrected chi connectivity index (χ4v) is 1.81. The maximum atomic E-state index is 12.3. The number of nitrogen functional groups attached to an aromatic ring is 1. The third-order valence-electron chi connectivity index (χ3n) is 2.79. The van der Waals surface area contributed by atoms with Crippen LogP contribution in [0.2, 0.25) is 0 Å². The third-order valence-corrected chi connectivity index (χ3v) is 2.79. The molecule has 0 unspecified atom stereocenters. The van der Waals surface area contributed by atoms with Gasteiger partial charge in [0.15, 0.2) is 0 Å². The Morgan fingerprint density at radius 1 is 1.32 bits per heavy atom. The van der Waals surface area contributed by atoms with Crippen molar-refractivity contribution in [1.29, 1.82) is 0 Å². The zero-order valence-electron chi connectivity index (χ0n) is 12.1. The van der Waals surface area contributed by atoms with Crippen LogP contribution >= 0.6 is 0 Å². The van der Waals surface area contributed by atoms with Crippen LogP contribution in [0, 0.1) is 6.92 Å². The van der Waals surface area contributed by atoms with E-state index in [4.69, 9.17) is 5.84 Å². The molecule has 6 nitrogen and oxygen atoms in total. The van der Waals surface area contributed by atoms with Gasteiger partial charge < -0.3 is 15.2 Å². The summed E-state index contributed by atoms with van der Waals surface area (Å²) in [5.74, 6) is 5.83. The number of hydrazine groups is 1. The van der Waals surface area contributed by atoms with Crippen LogP contribution in [0.15, 0.2) is 12.1 Å². The standard InChI is InChI=1S/C13H23N5O/c1-10-8-11(9-12(15-10)16-14)13(19)18(4)7-5-6-17(2)3/h8-9H,5-7,14H2,1-4H3,(H,15,16). The highest BCUT2D eigenvalue weighted by atomic mass is 16.2. The fraction of sp³-hybridized carbons (Fsp3) is 0.538. The second-order valence-corrected chi connectivity index (χ2v) is 4.91. The molecular formula is C13H23N5O. The number of nitrogens with zero attached hydrogens (tertiary/aromatic N) is 3. The zero-order valence-corrected chi connectivity index (χ0v) is 12.1. The van der Waals surface area contributed by atoms with Gasteiger partial charge in [-0.2, -0.15) is 0 Å². The molecular weight excluding hydrogens is 242 g/mol. The number of nitrogens with two attached hydrogens (primary N) is 1. The Bertz CT molecular complexity index is 433. The molecule has 1 aromatic heterocycles. The highest BCUT2D eigenvalue weighted by molar-refractivity contribution is 5.94. The zero-order chi connectivity index (χ0) is 14.4. The van der Waals surface area contributed by atoms with Crippen molar-refractivity contribution in [2.24, 2.45) is 5.84 Å². The minimum Gasteiger partial charge on any atom is -0.342 e. The normalized spacial score (nSPS) is 10.6. The second-order valence-electron chi connectivity index (χ2n) is 4.91. The average Bonchev–Trinajstić information content (AvgIpc) is 2.36. The van der Waals surface area contributed by atoms with Crippen LogP contribution in [0.1, 0.15) is 22.5 Å². The molecule has 1 aromatic rings. The molecule has 0 fully saturated rings. The number of pyridine rings is 1. The first-order valence-electron chi connectivity index (χ1n) is 6.29. The predicted octanol–water partition coefficient (Wildman–Crippen LogP) is 0.699. The smallest absolute Gasteiger partial charge is 0.253 e. The number of anilines is 1. The molecule has 0 radical (unpaired) electrons. The summed E-state index contributed by atoms with van der Waals surface area (Å²) >= 11 is 0. The van der Waals surface area contributed by atoms with Crippen molar-refractivity contribution in [1.82, 2.24) is 14.8 Å². The lowest BCUT2D eigenvalue weighted by Gasteiger charge is -2.19. The van der Waals surface area contributed by atoms with Crippen molar-refractivity contribution in [2.75, 3.05) is 39.7 Å². The molecule has 0 saturated carbocycles. The summed E-state index contributed by atoms with van der Waals surface area (Å²) in [6, 6.07) is 3.43. The van der Waals surface area contributed by atoms with Gasteiger partial charge in [0, 0.05) is 24.8 Å². The molecule has 106 valence electrons. The number of nitrogens with one attached hydrogen (secondary N) is 1. The Labute approximate surface area is 114 Å². The maximum Gasteiger partial charge on any atom is 0.253 e. The summed E-state index contributed by atoms with van der Waals surface area (Å²) in [6.07, 6.45) is 0.946. The third kappa shape index (κ3) is 4.84. The van der Waals surface area contributed by atoms with Gasteiger partial charge in [-0.1, -0.05) is 0 Å². The largest absolute Gasteiger partial charge is 0.342 e. The van der Waals surface area contributed by atoms with Crippen molar-refractivity contribution in [3.63, 3.8) is 0 Å². The Morgan fingerprint density at radius 3 is 2.58 bits per heavy atom. The lowest BCUT2D eigenvalue weighted by molar-refractivity contribution is 0.0790. The van der Waals surface area contributed by atoms with Gasteiger partial charge in [-0.3, -0.25) is 4.79 Å². The van der Waals surface area contributed by atoms with E-state index >= 15 is 0 Å². The molecule has 0 spiro atoms. The molecule has 3 N–H and O–H groups in total. The molecule has 0 saturated heterocycles. The van der Waals surface area contributed by atoms with E-state index in [-0.39, 0.29) is 5.91 Å².